The molecule has 0 unspecified atom stereocenters. The molecule has 1 amide bonds. The minimum absolute atomic E-state index is 0.0634. The van der Waals surface area contributed by atoms with Crippen molar-refractivity contribution in [3.05, 3.63) is 35.5 Å². The van der Waals surface area contributed by atoms with E-state index in [9.17, 15) is 4.79 Å². The summed E-state index contributed by atoms with van der Waals surface area (Å²) < 4.78 is 5.41. The molecule has 1 fully saturated rings. The Labute approximate surface area is 161 Å². The second-order valence-electron chi connectivity index (χ2n) is 6.70. The van der Waals surface area contributed by atoms with E-state index in [0.717, 1.165) is 32.9 Å². The third-order valence-electron chi connectivity index (χ3n) is 4.61. The second kappa shape index (κ2) is 7.67. The fraction of sp³-hybridized carbons (Fsp3) is 0.368. The summed E-state index contributed by atoms with van der Waals surface area (Å²) >= 11 is 1.56. The average Bonchev–Trinajstić information content (AvgIpc) is 3.09. The summed E-state index contributed by atoms with van der Waals surface area (Å²) in [6, 6.07) is 8.22. The van der Waals surface area contributed by atoms with Gasteiger partial charge in [-0.05, 0) is 31.4 Å². The number of amides is 1. The first kappa shape index (κ1) is 18.0. The van der Waals surface area contributed by atoms with E-state index in [1.165, 1.54) is 0 Å². The van der Waals surface area contributed by atoms with Crippen LogP contribution in [0, 0.1) is 6.92 Å². The minimum atomic E-state index is -0.0634. The maximum atomic E-state index is 12.4. The van der Waals surface area contributed by atoms with Crippen LogP contribution in [0.5, 0.6) is 0 Å². The summed E-state index contributed by atoms with van der Waals surface area (Å²) in [6.45, 7) is 6.44. The molecule has 27 heavy (non-hydrogen) atoms. The molecule has 1 atom stereocenters. The molecule has 1 N–H and O–H groups in total. The van der Waals surface area contributed by atoms with Crippen LogP contribution in [0.15, 0.2) is 30.5 Å². The first-order valence-corrected chi connectivity index (χ1v) is 9.72. The van der Waals surface area contributed by atoms with Crippen LogP contribution in [0.25, 0.3) is 21.3 Å². The Bertz CT molecular complexity index is 974. The monoisotopic (exact) mass is 383 g/mol. The normalized spacial score (nSPS) is 17.9. The predicted molar refractivity (Wildman–Crippen MR) is 106 cm³/mol. The zero-order chi connectivity index (χ0) is 18.8. The second-order valence-corrected chi connectivity index (χ2v) is 7.88. The first-order chi connectivity index (χ1) is 13.1. The Kier molecular flexibility index (Phi) is 5.11. The van der Waals surface area contributed by atoms with E-state index in [1.54, 1.807) is 17.5 Å². The van der Waals surface area contributed by atoms with Crippen LogP contribution < -0.4 is 5.32 Å². The molecule has 0 saturated carbocycles. The Morgan fingerprint density at radius 3 is 3.00 bits per heavy atom. The molecule has 1 aromatic carbocycles. The Morgan fingerprint density at radius 1 is 1.33 bits per heavy atom. The number of benzene rings is 1. The minimum Gasteiger partial charge on any atom is -0.379 e. The number of rotatable bonds is 4. The molecule has 0 radical (unpaired) electrons. The lowest BCUT2D eigenvalue weighted by molar-refractivity contribution is -0.119. The van der Waals surface area contributed by atoms with Crippen molar-refractivity contribution in [2.75, 3.05) is 31.6 Å². The van der Waals surface area contributed by atoms with Crippen LogP contribution >= 0.6 is 11.3 Å². The quantitative estimate of drug-likeness (QED) is 0.746. The summed E-state index contributed by atoms with van der Waals surface area (Å²) in [6.07, 6.45) is 1.78. The zero-order valence-corrected chi connectivity index (χ0v) is 16.1. The zero-order valence-electron chi connectivity index (χ0n) is 15.3. The molecule has 1 saturated heterocycles. The highest BCUT2D eigenvalue weighted by molar-refractivity contribution is 7.14. The van der Waals surface area contributed by atoms with Crippen molar-refractivity contribution >= 4 is 33.8 Å². The van der Waals surface area contributed by atoms with Crippen molar-refractivity contribution in [3.63, 3.8) is 0 Å². The molecule has 0 spiro atoms. The molecular weight excluding hydrogens is 362 g/mol. The largest absolute Gasteiger partial charge is 0.379 e. The van der Waals surface area contributed by atoms with Gasteiger partial charge in [0.15, 0.2) is 0 Å². The van der Waals surface area contributed by atoms with Gasteiger partial charge in [-0.3, -0.25) is 9.69 Å². The van der Waals surface area contributed by atoms with Crippen LogP contribution in [0.2, 0.25) is 0 Å². The number of aryl methyl sites for hydroxylation is 1. The maximum absolute atomic E-state index is 12.4. The van der Waals surface area contributed by atoms with Gasteiger partial charge in [0, 0.05) is 29.7 Å². The molecule has 0 bridgehead atoms. The van der Waals surface area contributed by atoms with Gasteiger partial charge in [0.1, 0.15) is 15.8 Å². The van der Waals surface area contributed by atoms with Gasteiger partial charge in [0.05, 0.1) is 19.8 Å². The van der Waals surface area contributed by atoms with Crippen LogP contribution in [0.3, 0.4) is 0 Å². The molecular formula is C19H21N5O2S. The Morgan fingerprint density at radius 2 is 2.22 bits per heavy atom. The lowest BCUT2D eigenvalue weighted by Crippen LogP contribution is -2.47. The van der Waals surface area contributed by atoms with Crippen LogP contribution in [-0.4, -0.2) is 58.3 Å². The molecule has 3 aromatic rings. The van der Waals surface area contributed by atoms with Gasteiger partial charge in [0.25, 0.3) is 0 Å². The lowest BCUT2D eigenvalue weighted by atomic mass is 10.1. The van der Waals surface area contributed by atoms with E-state index in [4.69, 9.17) is 4.74 Å². The van der Waals surface area contributed by atoms with E-state index >= 15 is 0 Å². The molecule has 4 rings (SSSR count). The van der Waals surface area contributed by atoms with Crippen molar-refractivity contribution in [2.24, 2.45) is 0 Å². The number of anilines is 1. The number of carbonyl (C=O) groups excluding carboxylic acids is 1. The fourth-order valence-electron chi connectivity index (χ4n) is 3.12. The third kappa shape index (κ3) is 4.13. The van der Waals surface area contributed by atoms with Crippen molar-refractivity contribution in [1.82, 2.24) is 20.1 Å². The first-order valence-electron chi connectivity index (χ1n) is 8.90. The summed E-state index contributed by atoms with van der Waals surface area (Å²) in [5.41, 5.74) is 1.01. The van der Waals surface area contributed by atoms with E-state index in [0.29, 0.717) is 25.6 Å². The van der Waals surface area contributed by atoms with Gasteiger partial charge in [-0.2, -0.15) is 0 Å². The number of fused-ring (bicyclic) bond motifs is 1. The maximum Gasteiger partial charge on any atom is 0.239 e. The van der Waals surface area contributed by atoms with Gasteiger partial charge < -0.3 is 10.1 Å². The molecule has 3 heterocycles. The topological polar surface area (TPSA) is 80.2 Å². The van der Waals surface area contributed by atoms with E-state index in [1.807, 2.05) is 25.1 Å². The number of pyridine rings is 1. The van der Waals surface area contributed by atoms with Gasteiger partial charge in [-0.1, -0.05) is 23.5 Å². The van der Waals surface area contributed by atoms with E-state index in [2.05, 4.69) is 38.4 Å². The van der Waals surface area contributed by atoms with Gasteiger partial charge in [-0.15, -0.1) is 10.2 Å². The van der Waals surface area contributed by atoms with E-state index in [-0.39, 0.29) is 11.9 Å². The standard InChI is InChI=1S/C19H21N5O2S/c1-12-11-26-6-5-24(12)10-18(25)21-17-8-16-7-14(3-4-15(16)9-20-17)19-23-22-13(2)27-19/h3-4,7-9,12H,5-6,10-11H2,1-2H3,(H,20,21,25)/t12-/m0/s1. The van der Waals surface area contributed by atoms with E-state index < -0.39 is 0 Å². The van der Waals surface area contributed by atoms with Gasteiger partial charge in [0.2, 0.25) is 5.91 Å². The number of morpholine rings is 1. The highest BCUT2D eigenvalue weighted by atomic mass is 32.1. The number of nitrogens with one attached hydrogen (secondary N) is 1. The molecule has 0 aliphatic carbocycles. The number of aromatic nitrogens is 3. The number of nitrogens with zero attached hydrogens (tertiary/aromatic N) is 4. The smallest absolute Gasteiger partial charge is 0.239 e. The SMILES string of the molecule is Cc1nnc(-c2ccc3cnc(NC(=O)CN4CCOC[C@@H]4C)cc3c2)s1. The molecule has 1 aliphatic rings. The summed E-state index contributed by atoms with van der Waals surface area (Å²) in [4.78, 5) is 18.9. The van der Waals surface area contributed by atoms with Crippen LogP contribution in [0.1, 0.15) is 11.9 Å². The molecule has 1 aliphatic heterocycles. The van der Waals surface area contributed by atoms with Crippen molar-refractivity contribution < 1.29 is 9.53 Å². The summed E-state index contributed by atoms with van der Waals surface area (Å²) in [5, 5.41) is 15.0. The summed E-state index contributed by atoms with van der Waals surface area (Å²) in [7, 11) is 0. The lowest BCUT2D eigenvalue weighted by Gasteiger charge is -2.32. The van der Waals surface area contributed by atoms with Crippen molar-refractivity contribution in [1.29, 1.82) is 0 Å². The van der Waals surface area contributed by atoms with Crippen LogP contribution in [-0.2, 0) is 9.53 Å². The predicted octanol–water partition coefficient (Wildman–Crippen LogP) is 2.72. The van der Waals surface area contributed by atoms with Crippen LogP contribution in [0.4, 0.5) is 5.82 Å². The average molecular weight is 383 g/mol. The van der Waals surface area contributed by atoms with Gasteiger partial charge >= 0.3 is 0 Å². The number of carbonyl (C=O) groups is 1. The number of hydrogen-bond donors (Lipinski definition) is 1. The molecule has 2 aromatic heterocycles. The highest BCUT2D eigenvalue weighted by Crippen LogP contribution is 2.27. The number of ether oxygens (including phenoxy) is 1. The van der Waals surface area contributed by atoms with Crippen molar-refractivity contribution in [3.8, 4) is 10.6 Å². The van der Waals surface area contributed by atoms with Gasteiger partial charge in [-0.25, -0.2) is 4.98 Å². The molecule has 140 valence electrons. The highest BCUT2D eigenvalue weighted by Gasteiger charge is 2.21. The number of hydrogen-bond acceptors (Lipinski definition) is 7. The Balaban J connectivity index is 1.51. The third-order valence-corrected chi connectivity index (χ3v) is 5.50. The molecule has 8 heteroatoms. The molecule has 7 nitrogen and oxygen atoms in total. The fourth-order valence-corrected chi connectivity index (χ4v) is 3.81. The van der Waals surface area contributed by atoms with Crippen molar-refractivity contribution in [2.45, 2.75) is 19.9 Å². The summed E-state index contributed by atoms with van der Waals surface area (Å²) in [5.74, 6) is 0.491. The Hall–Kier alpha value is -2.42.